The van der Waals surface area contributed by atoms with E-state index in [1.165, 1.54) is 5.56 Å². The van der Waals surface area contributed by atoms with Gasteiger partial charge >= 0.3 is 0 Å². The highest BCUT2D eigenvalue weighted by atomic mass is 35.5. The molecule has 1 rings (SSSR count). The zero-order valence-electron chi connectivity index (χ0n) is 14.9. The third-order valence-corrected chi connectivity index (χ3v) is 3.45. The number of amides is 1. The van der Waals surface area contributed by atoms with Gasteiger partial charge in [-0.2, -0.15) is 0 Å². The standard InChI is InChI=1S/C17H28N4O2.2ClH/c1-20(2)11-7-13-21(15-16-8-4-3-5-9-16)12-6-10-18-17(22)14-19-23;;/h3-5,8-9,14,23H,6-7,10-13,15H2,1-2H3,(H,18,22);2*1H/b19-14+;;. The van der Waals surface area contributed by atoms with Crippen molar-refractivity contribution in [2.75, 3.05) is 40.3 Å². The largest absolute Gasteiger partial charge is 0.411 e. The Morgan fingerprint density at radius 3 is 2.36 bits per heavy atom. The second-order valence-corrected chi connectivity index (χ2v) is 5.81. The highest BCUT2D eigenvalue weighted by Gasteiger charge is 2.06. The number of hydrogen-bond donors (Lipinski definition) is 2. The van der Waals surface area contributed by atoms with Crippen LogP contribution in [0.25, 0.3) is 0 Å². The van der Waals surface area contributed by atoms with E-state index in [9.17, 15) is 4.79 Å². The SMILES string of the molecule is CN(C)CCCN(CCCNC(=O)/C=N/O)Cc1ccccc1.Cl.Cl. The lowest BCUT2D eigenvalue weighted by molar-refractivity contribution is -0.114. The average Bonchev–Trinajstić information content (AvgIpc) is 2.52. The summed E-state index contributed by atoms with van der Waals surface area (Å²) in [6, 6.07) is 10.4. The monoisotopic (exact) mass is 392 g/mol. The molecule has 1 aromatic rings. The fraction of sp³-hybridized carbons (Fsp3) is 0.529. The summed E-state index contributed by atoms with van der Waals surface area (Å²) in [6.45, 7) is 4.50. The van der Waals surface area contributed by atoms with E-state index >= 15 is 0 Å². The molecule has 0 aliphatic carbocycles. The van der Waals surface area contributed by atoms with Gasteiger partial charge in [0.1, 0.15) is 6.21 Å². The molecule has 2 N–H and O–H groups in total. The summed E-state index contributed by atoms with van der Waals surface area (Å²) < 4.78 is 0. The lowest BCUT2D eigenvalue weighted by Gasteiger charge is -2.23. The maximum atomic E-state index is 11.2. The normalized spacial score (nSPS) is 10.6. The molecular weight excluding hydrogens is 363 g/mol. The molecule has 0 spiro atoms. The van der Waals surface area contributed by atoms with E-state index < -0.39 is 0 Å². The first-order valence-corrected chi connectivity index (χ1v) is 7.98. The van der Waals surface area contributed by atoms with Crippen LogP contribution in [0.15, 0.2) is 35.5 Å². The van der Waals surface area contributed by atoms with Gasteiger partial charge in [0.25, 0.3) is 5.91 Å². The predicted octanol–water partition coefficient (Wildman–Crippen LogP) is 2.25. The molecule has 0 bridgehead atoms. The first-order valence-electron chi connectivity index (χ1n) is 7.98. The third-order valence-electron chi connectivity index (χ3n) is 3.45. The zero-order valence-corrected chi connectivity index (χ0v) is 16.6. The van der Waals surface area contributed by atoms with Gasteiger partial charge in [-0.25, -0.2) is 0 Å². The molecule has 0 heterocycles. The molecule has 144 valence electrons. The van der Waals surface area contributed by atoms with E-state index in [1.54, 1.807) is 0 Å². The van der Waals surface area contributed by atoms with Crippen molar-refractivity contribution in [3.05, 3.63) is 35.9 Å². The van der Waals surface area contributed by atoms with Gasteiger partial charge in [0.2, 0.25) is 0 Å². The molecule has 0 saturated carbocycles. The summed E-state index contributed by atoms with van der Waals surface area (Å²) in [5.74, 6) is -0.366. The number of rotatable bonds is 11. The van der Waals surface area contributed by atoms with E-state index in [0.29, 0.717) is 6.54 Å². The summed E-state index contributed by atoms with van der Waals surface area (Å²) >= 11 is 0. The minimum absolute atomic E-state index is 0. The lowest BCUT2D eigenvalue weighted by atomic mass is 10.2. The summed E-state index contributed by atoms with van der Waals surface area (Å²) in [4.78, 5) is 15.8. The fourth-order valence-corrected chi connectivity index (χ4v) is 2.33. The highest BCUT2D eigenvalue weighted by molar-refractivity contribution is 6.25. The molecule has 1 amide bonds. The third kappa shape index (κ3) is 13.6. The molecule has 6 nitrogen and oxygen atoms in total. The van der Waals surface area contributed by atoms with Gasteiger partial charge in [-0.05, 0) is 45.6 Å². The van der Waals surface area contributed by atoms with E-state index in [-0.39, 0.29) is 30.7 Å². The minimum atomic E-state index is -0.366. The Morgan fingerprint density at radius 1 is 1.12 bits per heavy atom. The van der Waals surface area contributed by atoms with Crippen LogP contribution in [0.1, 0.15) is 18.4 Å². The van der Waals surface area contributed by atoms with Crippen LogP contribution in [0.2, 0.25) is 0 Å². The number of hydrogen-bond acceptors (Lipinski definition) is 5. The van der Waals surface area contributed by atoms with E-state index in [2.05, 4.69) is 58.6 Å². The number of oxime groups is 1. The first kappa shape index (κ1) is 25.9. The van der Waals surface area contributed by atoms with Crippen LogP contribution in [0.5, 0.6) is 0 Å². The molecular formula is C17H30Cl2N4O2. The van der Waals surface area contributed by atoms with Crippen LogP contribution in [0, 0.1) is 0 Å². The van der Waals surface area contributed by atoms with Crippen molar-refractivity contribution in [3.8, 4) is 0 Å². The van der Waals surface area contributed by atoms with Crippen molar-refractivity contribution in [3.63, 3.8) is 0 Å². The summed E-state index contributed by atoms with van der Waals surface area (Å²) in [5.41, 5.74) is 1.30. The quantitative estimate of drug-likeness (QED) is 0.262. The Morgan fingerprint density at radius 2 is 1.76 bits per heavy atom. The molecule has 1 aromatic carbocycles. The van der Waals surface area contributed by atoms with Crippen molar-refractivity contribution < 1.29 is 10.0 Å². The van der Waals surface area contributed by atoms with Crippen LogP contribution in [-0.4, -0.2) is 67.4 Å². The van der Waals surface area contributed by atoms with Crippen molar-refractivity contribution in [2.45, 2.75) is 19.4 Å². The lowest BCUT2D eigenvalue weighted by Crippen LogP contribution is -2.31. The van der Waals surface area contributed by atoms with Gasteiger partial charge < -0.3 is 15.4 Å². The van der Waals surface area contributed by atoms with Crippen molar-refractivity contribution in [2.24, 2.45) is 5.16 Å². The molecule has 0 saturated heterocycles. The van der Waals surface area contributed by atoms with Crippen molar-refractivity contribution in [1.82, 2.24) is 15.1 Å². The molecule has 0 unspecified atom stereocenters. The molecule has 0 fully saturated rings. The van der Waals surface area contributed by atoms with Crippen molar-refractivity contribution in [1.29, 1.82) is 0 Å². The summed E-state index contributed by atoms with van der Waals surface area (Å²) in [5, 5.41) is 13.7. The zero-order chi connectivity index (χ0) is 16.9. The second-order valence-electron chi connectivity index (χ2n) is 5.81. The maximum absolute atomic E-state index is 11.2. The minimum Gasteiger partial charge on any atom is -0.411 e. The predicted molar refractivity (Wildman–Crippen MR) is 107 cm³/mol. The van der Waals surface area contributed by atoms with Gasteiger partial charge in [-0.15, -0.1) is 24.8 Å². The number of benzene rings is 1. The number of carbonyl (C=O) groups is 1. The highest BCUT2D eigenvalue weighted by Crippen LogP contribution is 2.06. The van der Waals surface area contributed by atoms with E-state index in [4.69, 9.17) is 5.21 Å². The smallest absolute Gasteiger partial charge is 0.265 e. The molecule has 0 atom stereocenters. The Bertz CT molecular complexity index is 473. The Kier molecular flexibility index (Phi) is 16.7. The second kappa shape index (κ2) is 16.1. The number of nitrogens with zero attached hydrogens (tertiary/aromatic N) is 3. The van der Waals surface area contributed by atoms with Crippen LogP contribution >= 0.6 is 24.8 Å². The average molecular weight is 393 g/mol. The number of carbonyl (C=O) groups excluding carboxylic acids is 1. The first-order chi connectivity index (χ1) is 11.1. The van der Waals surface area contributed by atoms with Crippen molar-refractivity contribution >= 4 is 36.9 Å². The van der Waals surface area contributed by atoms with E-state index in [1.807, 2.05) is 6.07 Å². The van der Waals surface area contributed by atoms with Gasteiger partial charge in [0, 0.05) is 19.6 Å². The molecule has 8 heteroatoms. The van der Waals surface area contributed by atoms with Gasteiger partial charge in [-0.3, -0.25) is 9.69 Å². The van der Waals surface area contributed by atoms with Crippen LogP contribution in [0.3, 0.4) is 0 Å². The molecule has 0 aliphatic heterocycles. The molecule has 25 heavy (non-hydrogen) atoms. The van der Waals surface area contributed by atoms with Gasteiger partial charge in [-0.1, -0.05) is 35.5 Å². The Labute approximate surface area is 163 Å². The van der Waals surface area contributed by atoms with E-state index in [0.717, 1.165) is 45.2 Å². The topological polar surface area (TPSA) is 68.2 Å². The Balaban J connectivity index is 0. The number of halogens is 2. The Hall–Kier alpha value is -1.34. The van der Waals surface area contributed by atoms with Crippen LogP contribution in [-0.2, 0) is 11.3 Å². The maximum Gasteiger partial charge on any atom is 0.265 e. The van der Waals surface area contributed by atoms with Gasteiger partial charge in [0.15, 0.2) is 0 Å². The molecule has 0 aromatic heterocycles. The summed E-state index contributed by atoms with van der Waals surface area (Å²) in [7, 11) is 4.17. The van der Waals surface area contributed by atoms with Gasteiger partial charge in [0.05, 0.1) is 0 Å². The number of nitrogens with one attached hydrogen (secondary N) is 1. The molecule has 0 aliphatic rings. The molecule has 0 radical (unpaired) electrons. The fourth-order valence-electron chi connectivity index (χ4n) is 2.33. The summed E-state index contributed by atoms with van der Waals surface area (Å²) in [6.07, 6.45) is 2.85. The van der Waals surface area contributed by atoms with Crippen LogP contribution < -0.4 is 5.32 Å². The van der Waals surface area contributed by atoms with Crippen LogP contribution in [0.4, 0.5) is 0 Å².